The van der Waals surface area contributed by atoms with Gasteiger partial charge in [0.15, 0.2) is 0 Å². The maximum Gasteiger partial charge on any atom is 0.145 e. The third-order valence-corrected chi connectivity index (χ3v) is 2.13. The van der Waals surface area contributed by atoms with E-state index in [0.717, 1.165) is 0 Å². The first-order valence-corrected chi connectivity index (χ1v) is 4.76. The summed E-state index contributed by atoms with van der Waals surface area (Å²) in [4.78, 5) is 0. The minimum absolute atomic E-state index is 0.268. The molecule has 0 atom stereocenters. The predicted octanol–water partition coefficient (Wildman–Crippen LogP) is 1.73. The van der Waals surface area contributed by atoms with Gasteiger partial charge in [-0.1, -0.05) is 23.2 Å². The van der Waals surface area contributed by atoms with E-state index in [9.17, 15) is 0 Å². The van der Waals surface area contributed by atoms with Gasteiger partial charge in [0.2, 0.25) is 0 Å². The van der Waals surface area contributed by atoms with Crippen LogP contribution in [0.3, 0.4) is 0 Å². The first-order chi connectivity index (χ1) is 6.67. The van der Waals surface area contributed by atoms with E-state index in [4.69, 9.17) is 38.2 Å². The smallest absolute Gasteiger partial charge is 0.145 e. The number of aliphatic hydroxyl groups excluding tert-OH is 2. The molecule has 0 radical (unpaired) electrons. The molecule has 0 saturated carbocycles. The van der Waals surface area contributed by atoms with Crippen molar-refractivity contribution in [2.75, 3.05) is 13.2 Å². The highest BCUT2D eigenvalue weighted by molar-refractivity contribution is 6.35. The van der Waals surface area contributed by atoms with Crippen molar-refractivity contribution in [2.45, 2.75) is 6.10 Å². The number of aliphatic hydroxyl groups is 2. The second-order valence-corrected chi connectivity index (χ2v) is 3.52. The van der Waals surface area contributed by atoms with Crippen LogP contribution in [0.2, 0.25) is 10.0 Å². The Morgan fingerprint density at radius 1 is 1.21 bits per heavy atom. The van der Waals surface area contributed by atoms with E-state index in [2.05, 4.69) is 0 Å². The molecule has 0 heterocycles. The Balaban J connectivity index is 2.76. The summed E-state index contributed by atoms with van der Waals surface area (Å²) in [6, 6.07) is 4.74. The summed E-state index contributed by atoms with van der Waals surface area (Å²) in [5, 5.41) is 18.4. The van der Waals surface area contributed by atoms with Crippen LogP contribution in [-0.4, -0.2) is 29.5 Å². The number of halogens is 2. The molecule has 0 aliphatic carbocycles. The molecular formula is C9H10Cl2O3. The Morgan fingerprint density at radius 3 is 2.36 bits per heavy atom. The predicted molar refractivity (Wildman–Crippen MR) is 55.0 cm³/mol. The summed E-state index contributed by atoms with van der Waals surface area (Å²) in [5.74, 6) is 0.393. The van der Waals surface area contributed by atoms with Gasteiger partial charge in [0.05, 0.1) is 18.2 Å². The van der Waals surface area contributed by atoms with Gasteiger partial charge in [-0.05, 0) is 18.2 Å². The van der Waals surface area contributed by atoms with Gasteiger partial charge < -0.3 is 14.9 Å². The minimum atomic E-state index is -0.659. The molecule has 0 aliphatic heterocycles. The van der Waals surface area contributed by atoms with Crippen molar-refractivity contribution in [1.82, 2.24) is 0 Å². The summed E-state index contributed by atoms with van der Waals surface area (Å²) < 4.78 is 5.21. The maximum atomic E-state index is 8.78. The number of hydrogen-bond donors (Lipinski definition) is 2. The lowest BCUT2D eigenvalue weighted by Crippen LogP contribution is -2.25. The van der Waals surface area contributed by atoms with Crippen molar-refractivity contribution in [3.63, 3.8) is 0 Å². The maximum absolute atomic E-state index is 8.78. The molecule has 0 bridgehead atoms. The first kappa shape index (κ1) is 11.6. The molecule has 0 saturated heterocycles. The molecule has 1 rings (SSSR count). The molecule has 1 aromatic rings. The number of ether oxygens (including phenoxy) is 1. The summed E-state index contributed by atoms with van der Waals surface area (Å²) >= 11 is 11.5. The zero-order valence-corrected chi connectivity index (χ0v) is 8.79. The Hall–Kier alpha value is -0.480. The average molecular weight is 237 g/mol. The third kappa shape index (κ3) is 3.03. The van der Waals surface area contributed by atoms with Gasteiger partial charge in [0, 0.05) is 5.02 Å². The van der Waals surface area contributed by atoms with Crippen LogP contribution < -0.4 is 4.74 Å². The zero-order chi connectivity index (χ0) is 10.6. The van der Waals surface area contributed by atoms with Crippen molar-refractivity contribution in [3.05, 3.63) is 28.2 Å². The summed E-state index contributed by atoms with van der Waals surface area (Å²) in [6.07, 6.45) is -0.659. The lowest BCUT2D eigenvalue weighted by atomic mass is 10.3. The van der Waals surface area contributed by atoms with E-state index in [-0.39, 0.29) is 13.2 Å². The molecule has 0 unspecified atom stereocenters. The van der Waals surface area contributed by atoms with Crippen LogP contribution in [0.25, 0.3) is 0 Å². The fourth-order valence-electron chi connectivity index (χ4n) is 0.883. The fourth-order valence-corrected chi connectivity index (χ4v) is 1.34. The second-order valence-electron chi connectivity index (χ2n) is 2.68. The molecule has 0 aliphatic rings. The molecule has 1 aromatic carbocycles. The van der Waals surface area contributed by atoms with E-state index in [1.165, 1.54) is 6.07 Å². The van der Waals surface area contributed by atoms with Crippen LogP contribution in [0.15, 0.2) is 18.2 Å². The van der Waals surface area contributed by atoms with Gasteiger partial charge in [0.25, 0.3) is 0 Å². The van der Waals surface area contributed by atoms with Gasteiger partial charge in [0.1, 0.15) is 11.9 Å². The molecule has 2 N–H and O–H groups in total. The molecule has 5 heteroatoms. The SMILES string of the molecule is OCC(CO)Oc1ccc(Cl)cc1Cl. The van der Waals surface area contributed by atoms with Crippen LogP contribution in [0, 0.1) is 0 Å². The van der Waals surface area contributed by atoms with Crippen LogP contribution in [0.5, 0.6) is 5.75 Å². The monoisotopic (exact) mass is 236 g/mol. The zero-order valence-electron chi connectivity index (χ0n) is 7.28. The van der Waals surface area contributed by atoms with Crippen LogP contribution in [0.1, 0.15) is 0 Å². The molecule has 0 spiro atoms. The number of rotatable bonds is 4. The van der Waals surface area contributed by atoms with Crippen molar-refractivity contribution in [1.29, 1.82) is 0 Å². The van der Waals surface area contributed by atoms with Gasteiger partial charge in [-0.25, -0.2) is 0 Å². The van der Waals surface area contributed by atoms with Crippen molar-refractivity contribution in [3.8, 4) is 5.75 Å². The molecule has 0 fully saturated rings. The quantitative estimate of drug-likeness (QED) is 0.838. The highest BCUT2D eigenvalue weighted by Crippen LogP contribution is 2.28. The van der Waals surface area contributed by atoms with Crippen molar-refractivity contribution < 1.29 is 14.9 Å². The minimum Gasteiger partial charge on any atom is -0.484 e. The summed E-state index contributed by atoms with van der Waals surface area (Å²) in [5.41, 5.74) is 0. The van der Waals surface area contributed by atoms with E-state index in [1.807, 2.05) is 0 Å². The molecule has 0 amide bonds. The van der Waals surface area contributed by atoms with Crippen molar-refractivity contribution >= 4 is 23.2 Å². The number of hydrogen-bond acceptors (Lipinski definition) is 3. The van der Waals surface area contributed by atoms with E-state index in [1.54, 1.807) is 12.1 Å². The lowest BCUT2D eigenvalue weighted by Gasteiger charge is -2.15. The lowest BCUT2D eigenvalue weighted by molar-refractivity contribution is 0.0630. The standard InChI is InChI=1S/C9H10Cl2O3/c10-6-1-2-9(8(11)3-6)14-7(4-12)5-13/h1-3,7,12-13H,4-5H2. The van der Waals surface area contributed by atoms with E-state index < -0.39 is 6.10 Å². The topological polar surface area (TPSA) is 49.7 Å². The van der Waals surface area contributed by atoms with E-state index in [0.29, 0.717) is 15.8 Å². The van der Waals surface area contributed by atoms with Crippen LogP contribution in [0.4, 0.5) is 0 Å². The van der Waals surface area contributed by atoms with Crippen LogP contribution in [-0.2, 0) is 0 Å². The van der Waals surface area contributed by atoms with Crippen LogP contribution >= 0.6 is 23.2 Å². The Labute approximate surface area is 91.8 Å². The Bertz CT molecular complexity index is 300. The first-order valence-electron chi connectivity index (χ1n) is 4.00. The van der Waals surface area contributed by atoms with Crippen molar-refractivity contribution in [2.24, 2.45) is 0 Å². The summed E-state index contributed by atoms with van der Waals surface area (Å²) in [6.45, 7) is -0.537. The highest BCUT2D eigenvalue weighted by atomic mass is 35.5. The molecule has 78 valence electrons. The van der Waals surface area contributed by atoms with Gasteiger partial charge in [-0.3, -0.25) is 0 Å². The summed E-state index contributed by atoms with van der Waals surface area (Å²) in [7, 11) is 0. The average Bonchev–Trinajstić information content (AvgIpc) is 2.17. The fraction of sp³-hybridized carbons (Fsp3) is 0.333. The Morgan fingerprint density at radius 2 is 1.86 bits per heavy atom. The molecular weight excluding hydrogens is 227 g/mol. The van der Waals surface area contributed by atoms with Gasteiger partial charge >= 0.3 is 0 Å². The normalized spacial score (nSPS) is 10.6. The van der Waals surface area contributed by atoms with Gasteiger partial charge in [-0.15, -0.1) is 0 Å². The van der Waals surface area contributed by atoms with E-state index >= 15 is 0 Å². The Kier molecular flexibility index (Phi) is 4.48. The highest BCUT2D eigenvalue weighted by Gasteiger charge is 2.10. The molecule has 0 aromatic heterocycles. The van der Waals surface area contributed by atoms with Gasteiger partial charge in [-0.2, -0.15) is 0 Å². The third-order valence-electron chi connectivity index (χ3n) is 1.59. The number of benzene rings is 1. The largest absolute Gasteiger partial charge is 0.484 e. The molecule has 14 heavy (non-hydrogen) atoms. The molecule has 3 nitrogen and oxygen atoms in total. The second kappa shape index (κ2) is 5.41.